The number of nitrogens with one attached hydrogen (secondary N) is 1. The van der Waals surface area contributed by atoms with E-state index in [4.69, 9.17) is 38.4 Å². The largest absolute Gasteiger partial charge is 0.493 e. The van der Waals surface area contributed by atoms with Crippen molar-refractivity contribution in [2.45, 2.75) is 32.3 Å². The highest BCUT2D eigenvalue weighted by Gasteiger charge is 2.24. The Bertz CT molecular complexity index is 1280. The molecule has 35 heavy (non-hydrogen) atoms. The second-order valence-electron chi connectivity index (χ2n) is 8.00. The zero-order valence-corrected chi connectivity index (χ0v) is 21.4. The number of hydrogen-bond acceptors (Lipinski definition) is 5. The smallest absolute Gasteiger partial charge is 0.251 e. The zero-order valence-electron chi connectivity index (χ0n) is 19.0. The van der Waals surface area contributed by atoms with Crippen LogP contribution >= 0.6 is 34.5 Å². The average Bonchev–Trinajstić information content (AvgIpc) is 3.20. The van der Waals surface area contributed by atoms with Gasteiger partial charge >= 0.3 is 0 Å². The van der Waals surface area contributed by atoms with Gasteiger partial charge in [0, 0.05) is 26.6 Å². The van der Waals surface area contributed by atoms with Crippen molar-refractivity contribution >= 4 is 57.4 Å². The van der Waals surface area contributed by atoms with E-state index in [0.717, 1.165) is 41.7 Å². The maximum Gasteiger partial charge on any atom is 0.251 e. The topological polar surface area (TPSA) is 90.6 Å². The van der Waals surface area contributed by atoms with Crippen LogP contribution in [0.2, 0.25) is 10.0 Å². The number of ether oxygens (including phenoxy) is 2. The maximum absolute atomic E-state index is 12.6. The molecule has 9 heteroatoms. The fourth-order valence-electron chi connectivity index (χ4n) is 3.97. The Morgan fingerprint density at radius 1 is 1.11 bits per heavy atom. The van der Waals surface area contributed by atoms with E-state index < -0.39 is 5.91 Å². The molecular weight excluding hydrogens is 507 g/mol. The highest BCUT2D eigenvalue weighted by molar-refractivity contribution is 7.17. The molecule has 0 unspecified atom stereocenters. The molecule has 0 spiro atoms. The van der Waals surface area contributed by atoms with Crippen molar-refractivity contribution in [3.05, 3.63) is 79.7 Å². The lowest BCUT2D eigenvalue weighted by Crippen LogP contribution is -2.17. The molecule has 1 aromatic heterocycles. The van der Waals surface area contributed by atoms with Gasteiger partial charge in [-0.1, -0.05) is 35.3 Å². The third-order valence-corrected chi connectivity index (χ3v) is 7.62. The van der Waals surface area contributed by atoms with Gasteiger partial charge in [0.05, 0.1) is 12.7 Å². The number of methoxy groups -OCH3 is 1. The maximum atomic E-state index is 12.6. The van der Waals surface area contributed by atoms with E-state index in [9.17, 15) is 9.59 Å². The average molecular weight is 531 g/mol. The number of carbonyl (C=O) groups excluding carboxylic acids is 2. The number of halogens is 2. The number of rotatable bonds is 8. The van der Waals surface area contributed by atoms with E-state index in [2.05, 4.69) is 5.32 Å². The van der Waals surface area contributed by atoms with Crippen LogP contribution in [0, 0.1) is 0 Å². The van der Waals surface area contributed by atoms with Crippen LogP contribution in [-0.2, 0) is 24.2 Å². The van der Waals surface area contributed by atoms with Gasteiger partial charge in [-0.2, -0.15) is 0 Å². The van der Waals surface area contributed by atoms with Crippen LogP contribution in [-0.4, -0.2) is 18.9 Å². The molecule has 1 aliphatic carbocycles. The van der Waals surface area contributed by atoms with Gasteiger partial charge in [0.2, 0.25) is 5.91 Å². The number of amides is 2. The molecule has 3 N–H and O–H groups in total. The van der Waals surface area contributed by atoms with Crippen molar-refractivity contribution in [3.63, 3.8) is 0 Å². The van der Waals surface area contributed by atoms with E-state index in [0.29, 0.717) is 37.7 Å². The molecule has 0 aliphatic heterocycles. The molecule has 0 radical (unpaired) electrons. The van der Waals surface area contributed by atoms with Crippen LogP contribution in [0.4, 0.5) is 5.00 Å². The summed E-state index contributed by atoms with van der Waals surface area (Å²) in [5.74, 6) is 0.152. The van der Waals surface area contributed by atoms with E-state index in [1.54, 1.807) is 42.5 Å². The minimum absolute atomic E-state index is 0.180. The SMILES string of the molecule is COc1cc(/C=C/C(=O)Nc2sc3c(c2C(N)=O)CCCC3)ccc1OCc1c(Cl)cccc1Cl. The summed E-state index contributed by atoms with van der Waals surface area (Å²) in [4.78, 5) is 25.7. The van der Waals surface area contributed by atoms with Crippen molar-refractivity contribution in [2.24, 2.45) is 5.73 Å². The molecule has 3 aromatic rings. The van der Waals surface area contributed by atoms with E-state index in [-0.39, 0.29) is 12.5 Å². The van der Waals surface area contributed by atoms with Gasteiger partial charge in [0.15, 0.2) is 11.5 Å². The van der Waals surface area contributed by atoms with Crippen LogP contribution in [0.1, 0.15) is 44.8 Å². The number of primary amides is 1. The Balaban J connectivity index is 1.45. The summed E-state index contributed by atoms with van der Waals surface area (Å²) in [6.45, 7) is 0.180. The molecule has 4 rings (SSSR count). The number of carbonyl (C=O) groups is 2. The molecule has 0 saturated heterocycles. The molecule has 6 nitrogen and oxygen atoms in total. The van der Waals surface area contributed by atoms with Gasteiger partial charge in [-0.05, 0) is 67.2 Å². The van der Waals surface area contributed by atoms with Crippen molar-refractivity contribution in [3.8, 4) is 11.5 Å². The van der Waals surface area contributed by atoms with Crippen molar-refractivity contribution in [2.75, 3.05) is 12.4 Å². The Kier molecular flexibility index (Phi) is 8.00. The number of aryl methyl sites for hydroxylation is 1. The van der Waals surface area contributed by atoms with Gasteiger partial charge in [-0.3, -0.25) is 9.59 Å². The summed E-state index contributed by atoms with van der Waals surface area (Å²) in [7, 11) is 1.54. The molecule has 0 saturated carbocycles. The Morgan fingerprint density at radius 3 is 2.57 bits per heavy atom. The fourth-order valence-corrected chi connectivity index (χ4v) is 5.77. The predicted molar refractivity (Wildman–Crippen MR) is 141 cm³/mol. The van der Waals surface area contributed by atoms with Crippen molar-refractivity contribution < 1.29 is 19.1 Å². The molecule has 2 amide bonds. The van der Waals surface area contributed by atoms with Crippen LogP contribution in [0.3, 0.4) is 0 Å². The van der Waals surface area contributed by atoms with Gasteiger partial charge in [0.1, 0.15) is 11.6 Å². The first-order valence-electron chi connectivity index (χ1n) is 11.0. The normalized spacial score (nSPS) is 12.9. The lowest BCUT2D eigenvalue weighted by Gasteiger charge is -2.13. The zero-order chi connectivity index (χ0) is 24.9. The third-order valence-electron chi connectivity index (χ3n) is 5.70. The van der Waals surface area contributed by atoms with Crippen molar-refractivity contribution in [1.82, 2.24) is 0 Å². The summed E-state index contributed by atoms with van der Waals surface area (Å²) in [5, 5.41) is 4.37. The summed E-state index contributed by atoms with van der Waals surface area (Å²) < 4.78 is 11.3. The van der Waals surface area contributed by atoms with E-state index >= 15 is 0 Å². The first-order valence-corrected chi connectivity index (χ1v) is 12.6. The standard InChI is InChI=1S/C26H24Cl2N2O4S/c1-33-21-13-15(9-11-20(21)34-14-17-18(27)6-4-7-19(17)28)10-12-23(31)30-26-24(25(29)32)16-5-2-3-8-22(16)35-26/h4,6-7,9-13H,2-3,5,8,14H2,1H3,(H2,29,32)(H,30,31)/b12-10+. The lowest BCUT2D eigenvalue weighted by atomic mass is 9.95. The Morgan fingerprint density at radius 2 is 1.86 bits per heavy atom. The first kappa shape index (κ1) is 25.1. The molecule has 1 aliphatic rings. The fraction of sp³-hybridized carbons (Fsp3) is 0.231. The molecule has 0 atom stereocenters. The van der Waals surface area contributed by atoms with Crippen molar-refractivity contribution in [1.29, 1.82) is 0 Å². The highest BCUT2D eigenvalue weighted by atomic mass is 35.5. The number of benzene rings is 2. The number of nitrogens with two attached hydrogens (primary N) is 1. The van der Waals surface area contributed by atoms with Gasteiger partial charge in [0.25, 0.3) is 5.91 Å². The Labute approximate surface area is 217 Å². The predicted octanol–water partition coefficient (Wildman–Crippen LogP) is 6.27. The summed E-state index contributed by atoms with van der Waals surface area (Å²) >= 11 is 13.9. The molecular formula is C26H24Cl2N2O4S. The minimum Gasteiger partial charge on any atom is -0.493 e. The molecule has 182 valence electrons. The van der Waals surface area contributed by atoms with E-state index in [1.807, 2.05) is 0 Å². The van der Waals surface area contributed by atoms with Gasteiger partial charge in [-0.15, -0.1) is 11.3 Å². The van der Waals surface area contributed by atoms with Gasteiger partial charge < -0.3 is 20.5 Å². The molecule has 0 fully saturated rings. The quantitative estimate of drug-likeness (QED) is 0.335. The van der Waals surface area contributed by atoms with E-state index in [1.165, 1.54) is 24.5 Å². The number of thiophene rings is 1. The lowest BCUT2D eigenvalue weighted by molar-refractivity contribution is -0.111. The monoisotopic (exact) mass is 530 g/mol. The highest BCUT2D eigenvalue weighted by Crippen LogP contribution is 2.38. The minimum atomic E-state index is -0.512. The van der Waals surface area contributed by atoms with Crippen LogP contribution in [0.15, 0.2) is 42.5 Å². The second-order valence-corrected chi connectivity index (χ2v) is 9.92. The number of fused-ring (bicyclic) bond motifs is 1. The van der Waals surface area contributed by atoms with Crippen LogP contribution in [0.25, 0.3) is 6.08 Å². The van der Waals surface area contributed by atoms with Crippen LogP contribution < -0.4 is 20.5 Å². The Hall–Kier alpha value is -3.00. The summed E-state index contributed by atoms with van der Waals surface area (Å²) in [6.07, 6.45) is 6.87. The van der Waals surface area contributed by atoms with Gasteiger partial charge in [-0.25, -0.2) is 0 Å². The number of hydrogen-bond donors (Lipinski definition) is 2. The molecule has 0 bridgehead atoms. The second kappa shape index (κ2) is 11.2. The molecule has 2 aromatic carbocycles. The van der Waals surface area contributed by atoms with Crippen LogP contribution in [0.5, 0.6) is 11.5 Å². The first-order chi connectivity index (χ1) is 16.9. The number of anilines is 1. The third kappa shape index (κ3) is 5.81. The summed E-state index contributed by atoms with van der Waals surface area (Å²) in [5.41, 5.74) is 8.44. The molecule has 1 heterocycles. The summed E-state index contributed by atoms with van der Waals surface area (Å²) in [6, 6.07) is 10.6.